The van der Waals surface area contributed by atoms with E-state index in [9.17, 15) is 9.59 Å². The van der Waals surface area contributed by atoms with Gasteiger partial charge in [-0.1, -0.05) is 30.3 Å². The Balaban J connectivity index is 1.86. The first kappa shape index (κ1) is 21.5. The van der Waals surface area contributed by atoms with Crippen molar-refractivity contribution < 1.29 is 19.1 Å². The third-order valence-corrected chi connectivity index (χ3v) is 5.11. The Morgan fingerprint density at radius 1 is 1.10 bits per heavy atom. The summed E-state index contributed by atoms with van der Waals surface area (Å²) in [5.41, 5.74) is 2.77. The third-order valence-electron chi connectivity index (χ3n) is 5.11. The minimum absolute atomic E-state index is 0.0403. The van der Waals surface area contributed by atoms with Crippen molar-refractivity contribution in [3.05, 3.63) is 65.7 Å². The number of ether oxygens (including phenoxy) is 2. The van der Waals surface area contributed by atoms with Gasteiger partial charge in [0.05, 0.1) is 25.5 Å². The van der Waals surface area contributed by atoms with Gasteiger partial charge >= 0.3 is 0 Å². The molecule has 0 aromatic heterocycles. The van der Waals surface area contributed by atoms with Crippen LogP contribution < -0.4 is 4.74 Å². The van der Waals surface area contributed by atoms with Crippen LogP contribution in [-0.2, 0) is 14.3 Å². The van der Waals surface area contributed by atoms with Gasteiger partial charge in [0.25, 0.3) is 5.91 Å². The van der Waals surface area contributed by atoms with Gasteiger partial charge in [0, 0.05) is 27.0 Å². The number of rotatable bonds is 8. The molecule has 0 saturated carbocycles. The van der Waals surface area contributed by atoms with Crippen molar-refractivity contribution in [1.29, 1.82) is 0 Å². The first-order chi connectivity index (χ1) is 14.5. The number of carbonyl (C=O) groups is 2. The molecule has 3 rings (SSSR count). The van der Waals surface area contributed by atoms with Gasteiger partial charge in [-0.2, -0.15) is 5.10 Å². The molecule has 1 atom stereocenters. The SMILES string of the molecule is COCCN(CC(=O)N1N=C(c2ccc(OC)cc2)C[C@@H]1c1ccccc1)C(C)=O. The molecule has 0 fully saturated rings. The van der Waals surface area contributed by atoms with Gasteiger partial charge in [-0.05, 0) is 35.4 Å². The van der Waals surface area contributed by atoms with Gasteiger partial charge in [0.1, 0.15) is 12.3 Å². The molecule has 0 saturated heterocycles. The highest BCUT2D eigenvalue weighted by Gasteiger charge is 2.33. The maximum Gasteiger partial charge on any atom is 0.262 e. The zero-order valence-corrected chi connectivity index (χ0v) is 17.6. The topological polar surface area (TPSA) is 71.4 Å². The highest BCUT2D eigenvalue weighted by Crippen LogP contribution is 2.33. The highest BCUT2D eigenvalue weighted by molar-refractivity contribution is 6.03. The second-order valence-electron chi connectivity index (χ2n) is 7.08. The van der Waals surface area contributed by atoms with E-state index in [4.69, 9.17) is 9.47 Å². The Hall–Kier alpha value is -3.19. The van der Waals surface area contributed by atoms with Gasteiger partial charge in [0.2, 0.25) is 5.91 Å². The fraction of sp³-hybridized carbons (Fsp3) is 0.348. The Morgan fingerprint density at radius 3 is 2.40 bits per heavy atom. The molecule has 2 amide bonds. The summed E-state index contributed by atoms with van der Waals surface area (Å²) < 4.78 is 10.3. The molecule has 0 aliphatic carbocycles. The maximum absolute atomic E-state index is 13.1. The number of methoxy groups -OCH3 is 2. The van der Waals surface area contributed by atoms with E-state index in [1.807, 2.05) is 54.6 Å². The Morgan fingerprint density at radius 2 is 1.80 bits per heavy atom. The minimum Gasteiger partial charge on any atom is -0.497 e. The van der Waals surface area contributed by atoms with Crippen LogP contribution in [0.4, 0.5) is 0 Å². The van der Waals surface area contributed by atoms with Crippen LogP contribution in [0.2, 0.25) is 0 Å². The molecule has 0 radical (unpaired) electrons. The lowest BCUT2D eigenvalue weighted by atomic mass is 9.98. The molecular formula is C23H27N3O4. The molecule has 2 aromatic rings. The molecule has 7 heteroatoms. The summed E-state index contributed by atoms with van der Waals surface area (Å²) in [5.74, 6) is 0.369. The molecule has 0 bridgehead atoms. The zero-order valence-electron chi connectivity index (χ0n) is 17.6. The van der Waals surface area contributed by atoms with Gasteiger partial charge in [0.15, 0.2) is 0 Å². The summed E-state index contributed by atoms with van der Waals surface area (Å²) in [5, 5.41) is 6.17. The number of amides is 2. The molecular weight excluding hydrogens is 382 g/mol. The van der Waals surface area contributed by atoms with Gasteiger partial charge < -0.3 is 14.4 Å². The fourth-order valence-corrected chi connectivity index (χ4v) is 3.42. The molecule has 1 aliphatic rings. The Bertz CT molecular complexity index is 896. The van der Waals surface area contributed by atoms with Crippen molar-refractivity contribution in [3.63, 3.8) is 0 Å². The van der Waals surface area contributed by atoms with Crippen LogP contribution in [0.25, 0.3) is 0 Å². The molecule has 0 spiro atoms. The predicted octanol–water partition coefficient (Wildman–Crippen LogP) is 2.87. The monoisotopic (exact) mass is 409 g/mol. The van der Waals surface area contributed by atoms with Crippen molar-refractivity contribution in [2.45, 2.75) is 19.4 Å². The number of hydrogen-bond acceptors (Lipinski definition) is 5. The molecule has 30 heavy (non-hydrogen) atoms. The maximum atomic E-state index is 13.1. The van der Waals surface area contributed by atoms with E-state index in [-0.39, 0.29) is 24.4 Å². The van der Waals surface area contributed by atoms with Crippen molar-refractivity contribution in [1.82, 2.24) is 9.91 Å². The Kier molecular flexibility index (Phi) is 7.19. The van der Waals surface area contributed by atoms with E-state index in [0.29, 0.717) is 19.6 Å². The van der Waals surface area contributed by atoms with Gasteiger partial charge in [-0.25, -0.2) is 5.01 Å². The average molecular weight is 409 g/mol. The second-order valence-corrected chi connectivity index (χ2v) is 7.08. The molecule has 0 N–H and O–H groups in total. The van der Waals surface area contributed by atoms with E-state index in [2.05, 4.69) is 5.10 Å². The summed E-state index contributed by atoms with van der Waals surface area (Å²) in [4.78, 5) is 26.6. The molecule has 1 heterocycles. The molecule has 7 nitrogen and oxygen atoms in total. The number of benzene rings is 2. The lowest BCUT2D eigenvalue weighted by Crippen LogP contribution is -2.41. The van der Waals surface area contributed by atoms with Crippen molar-refractivity contribution in [2.75, 3.05) is 33.9 Å². The lowest BCUT2D eigenvalue weighted by molar-refractivity contribution is -0.141. The van der Waals surface area contributed by atoms with E-state index in [0.717, 1.165) is 22.6 Å². The van der Waals surface area contributed by atoms with Gasteiger partial charge in [-0.15, -0.1) is 0 Å². The van der Waals surface area contributed by atoms with Crippen molar-refractivity contribution in [3.8, 4) is 5.75 Å². The second kappa shape index (κ2) is 10.0. The predicted molar refractivity (Wildman–Crippen MR) is 114 cm³/mol. The van der Waals surface area contributed by atoms with Crippen LogP contribution in [0, 0.1) is 0 Å². The molecule has 2 aromatic carbocycles. The van der Waals surface area contributed by atoms with Gasteiger partial charge in [-0.3, -0.25) is 9.59 Å². The highest BCUT2D eigenvalue weighted by atomic mass is 16.5. The van der Waals surface area contributed by atoms with Crippen LogP contribution in [0.3, 0.4) is 0 Å². The minimum atomic E-state index is -0.223. The first-order valence-electron chi connectivity index (χ1n) is 9.87. The smallest absolute Gasteiger partial charge is 0.262 e. The van der Waals surface area contributed by atoms with Crippen molar-refractivity contribution in [2.24, 2.45) is 5.10 Å². The molecule has 158 valence electrons. The van der Waals surface area contributed by atoms with E-state index in [1.54, 1.807) is 14.2 Å². The number of carbonyl (C=O) groups excluding carboxylic acids is 2. The summed E-state index contributed by atoms with van der Waals surface area (Å²) in [6.45, 7) is 2.14. The largest absolute Gasteiger partial charge is 0.497 e. The van der Waals surface area contributed by atoms with Crippen molar-refractivity contribution >= 4 is 17.5 Å². The summed E-state index contributed by atoms with van der Waals surface area (Å²) >= 11 is 0. The van der Waals surface area contributed by atoms with Crippen LogP contribution in [0.5, 0.6) is 5.75 Å². The van der Waals surface area contributed by atoms with Crippen LogP contribution in [-0.4, -0.2) is 61.4 Å². The zero-order chi connectivity index (χ0) is 21.5. The average Bonchev–Trinajstić information content (AvgIpc) is 3.22. The van der Waals surface area contributed by atoms with Crippen LogP contribution in [0.15, 0.2) is 59.7 Å². The van der Waals surface area contributed by atoms with E-state index < -0.39 is 0 Å². The van der Waals surface area contributed by atoms with Crippen LogP contribution in [0.1, 0.15) is 30.5 Å². The molecule has 0 unspecified atom stereocenters. The standard InChI is InChI=1S/C23H27N3O4/c1-17(27)25(13-14-29-2)16-23(28)26-22(19-7-5-4-6-8-19)15-21(24-26)18-9-11-20(30-3)12-10-18/h4-12,22H,13-16H2,1-3H3/t22-/m1/s1. The summed E-state index contributed by atoms with van der Waals surface area (Å²) in [6, 6.07) is 17.2. The quantitative estimate of drug-likeness (QED) is 0.672. The third kappa shape index (κ3) is 5.04. The first-order valence-corrected chi connectivity index (χ1v) is 9.87. The molecule has 1 aliphatic heterocycles. The number of hydrogen-bond donors (Lipinski definition) is 0. The lowest BCUT2D eigenvalue weighted by Gasteiger charge is -2.26. The fourth-order valence-electron chi connectivity index (χ4n) is 3.42. The summed E-state index contributed by atoms with van der Waals surface area (Å²) in [7, 11) is 3.19. The van der Waals surface area contributed by atoms with Crippen LogP contribution >= 0.6 is 0 Å². The Labute approximate surface area is 176 Å². The van der Waals surface area contributed by atoms with E-state index in [1.165, 1.54) is 16.8 Å². The summed E-state index contributed by atoms with van der Waals surface area (Å²) in [6.07, 6.45) is 0.597. The normalized spacial score (nSPS) is 15.6. The number of nitrogens with zero attached hydrogens (tertiary/aromatic N) is 3. The number of hydrazone groups is 1. The van der Waals surface area contributed by atoms with E-state index >= 15 is 0 Å².